The lowest BCUT2D eigenvalue weighted by Crippen LogP contribution is -2.48. The first-order valence-corrected chi connectivity index (χ1v) is 6.17. The fourth-order valence-corrected chi connectivity index (χ4v) is 1.07. The Hall–Kier alpha value is -1.26. The minimum absolute atomic E-state index is 0.0543. The van der Waals surface area contributed by atoms with Gasteiger partial charge in [0, 0.05) is 13.1 Å². The summed E-state index contributed by atoms with van der Waals surface area (Å²) in [6.45, 7) is 11.3. The Bertz CT molecular complexity index is 261. The first-order valence-electron chi connectivity index (χ1n) is 6.17. The van der Waals surface area contributed by atoms with Crippen LogP contribution in [-0.2, 0) is 4.79 Å². The molecule has 5 nitrogen and oxygen atoms in total. The van der Waals surface area contributed by atoms with Crippen LogP contribution in [0.2, 0.25) is 0 Å². The molecule has 0 radical (unpaired) electrons. The number of aliphatic imine (C=N–C) groups is 1. The zero-order valence-electron chi connectivity index (χ0n) is 11.6. The molecule has 0 saturated carbocycles. The number of hydrogen-bond acceptors (Lipinski definition) is 2. The molecule has 1 atom stereocenters. The Kier molecular flexibility index (Phi) is 7.34. The highest BCUT2D eigenvalue weighted by Crippen LogP contribution is 1.92. The fourth-order valence-electron chi connectivity index (χ4n) is 1.07. The van der Waals surface area contributed by atoms with Crippen molar-refractivity contribution in [3.05, 3.63) is 0 Å². The second kappa shape index (κ2) is 7.92. The van der Waals surface area contributed by atoms with Gasteiger partial charge in [0.1, 0.15) is 6.04 Å². The van der Waals surface area contributed by atoms with Crippen LogP contribution in [0.3, 0.4) is 0 Å². The molecular weight excluding hydrogens is 216 g/mol. The quantitative estimate of drug-likeness (QED) is 0.474. The van der Waals surface area contributed by atoms with E-state index in [9.17, 15) is 4.79 Å². The van der Waals surface area contributed by atoms with E-state index < -0.39 is 0 Å². The van der Waals surface area contributed by atoms with Crippen molar-refractivity contribution in [2.45, 2.75) is 40.7 Å². The van der Waals surface area contributed by atoms with E-state index in [2.05, 4.69) is 43.3 Å². The molecule has 1 amide bonds. The molecule has 1 unspecified atom stereocenters. The van der Waals surface area contributed by atoms with E-state index in [4.69, 9.17) is 5.73 Å². The van der Waals surface area contributed by atoms with Gasteiger partial charge in [-0.2, -0.15) is 0 Å². The predicted molar refractivity (Wildman–Crippen MR) is 71.8 cm³/mol. The number of carbonyl (C=O) groups is 1. The fraction of sp³-hybridized carbons (Fsp3) is 0.833. The highest BCUT2D eigenvalue weighted by Gasteiger charge is 2.12. The number of amides is 1. The number of rotatable bonds is 6. The van der Waals surface area contributed by atoms with Crippen molar-refractivity contribution >= 4 is 11.9 Å². The first-order chi connectivity index (χ1) is 7.82. The normalized spacial score (nSPS) is 13.9. The molecule has 0 aromatic carbocycles. The second-order valence-electron chi connectivity index (χ2n) is 5.12. The van der Waals surface area contributed by atoms with E-state index in [1.54, 1.807) is 6.92 Å². The Morgan fingerprint density at radius 3 is 2.24 bits per heavy atom. The van der Waals surface area contributed by atoms with Gasteiger partial charge in [-0.15, -0.1) is 0 Å². The number of nitrogens with two attached hydrogens (primary N) is 1. The lowest BCUT2D eigenvalue weighted by molar-refractivity contribution is -0.122. The summed E-state index contributed by atoms with van der Waals surface area (Å²) >= 11 is 0. The molecule has 0 aliphatic rings. The number of nitrogens with one attached hydrogen (secondary N) is 2. The van der Waals surface area contributed by atoms with E-state index >= 15 is 0 Å². The van der Waals surface area contributed by atoms with Crippen LogP contribution in [0.15, 0.2) is 4.99 Å². The average molecular weight is 242 g/mol. The number of carbonyl (C=O) groups excluding carboxylic acids is 1. The summed E-state index contributed by atoms with van der Waals surface area (Å²) in [6.07, 6.45) is 0. The third kappa shape index (κ3) is 8.54. The molecule has 5 heteroatoms. The molecule has 4 N–H and O–H groups in total. The maximum Gasteiger partial charge on any atom is 0.242 e. The lowest BCUT2D eigenvalue weighted by Gasteiger charge is -2.15. The van der Waals surface area contributed by atoms with Gasteiger partial charge < -0.3 is 16.4 Å². The molecule has 0 saturated heterocycles. The summed E-state index contributed by atoms with van der Waals surface area (Å²) in [5.41, 5.74) is 5.68. The molecule has 100 valence electrons. The van der Waals surface area contributed by atoms with Gasteiger partial charge in [0.2, 0.25) is 5.91 Å². The third-order valence-electron chi connectivity index (χ3n) is 2.07. The van der Waals surface area contributed by atoms with Crippen molar-refractivity contribution in [3.8, 4) is 0 Å². The molecule has 17 heavy (non-hydrogen) atoms. The summed E-state index contributed by atoms with van der Waals surface area (Å²) in [6, 6.07) is -0.357. The van der Waals surface area contributed by atoms with Crippen molar-refractivity contribution in [2.24, 2.45) is 22.6 Å². The predicted octanol–water partition coefficient (Wildman–Crippen LogP) is 0.707. The Labute approximate surface area is 104 Å². The molecule has 0 aromatic rings. The summed E-state index contributed by atoms with van der Waals surface area (Å²) in [5, 5.41) is 5.71. The zero-order chi connectivity index (χ0) is 13.4. The van der Waals surface area contributed by atoms with Crippen LogP contribution < -0.4 is 16.4 Å². The Balaban J connectivity index is 4.02. The van der Waals surface area contributed by atoms with Gasteiger partial charge in [-0.1, -0.05) is 27.7 Å². The smallest absolute Gasteiger partial charge is 0.242 e. The standard InChI is InChI=1S/C12H26N4O/c1-8(2)6-14-11(17)10(5)16-12(13)15-7-9(3)4/h8-10H,6-7H2,1-5H3,(H,14,17)(H3,13,15,16). The molecule has 0 aliphatic carbocycles. The number of nitrogens with zero attached hydrogens (tertiary/aromatic N) is 1. The minimum Gasteiger partial charge on any atom is -0.370 e. The molecule has 0 aliphatic heterocycles. The summed E-state index contributed by atoms with van der Waals surface area (Å²) in [5.74, 6) is 1.17. The number of hydrogen-bond donors (Lipinski definition) is 3. The Morgan fingerprint density at radius 2 is 1.76 bits per heavy atom. The summed E-state index contributed by atoms with van der Waals surface area (Å²) < 4.78 is 0. The molecule has 0 spiro atoms. The van der Waals surface area contributed by atoms with Crippen LogP contribution in [0.1, 0.15) is 34.6 Å². The molecule has 0 heterocycles. The van der Waals surface area contributed by atoms with Crippen LogP contribution in [-0.4, -0.2) is 31.0 Å². The van der Waals surface area contributed by atoms with Crippen molar-refractivity contribution < 1.29 is 4.79 Å². The van der Waals surface area contributed by atoms with Crippen molar-refractivity contribution in [1.29, 1.82) is 0 Å². The van der Waals surface area contributed by atoms with Crippen LogP contribution in [0.4, 0.5) is 0 Å². The largest absolute Gasteiger partial charge is 0.370 e. The van der Waals surface area contributed by atoms with Gasteiger partial charge in [0.05, 0.1) is 0 Å². The SMILES string of the molecule is CC(C)CN=C(N)NC(C)C(=O)NCC(C)C. The Morgan fingerprint density at radius 1 is 1.18 bits per heavy atom. The number of guanidine groups is 1. The first kappa shape index (κ1) is 15.7. The minimum atomic E-state index is -0.357. The monoisotopic (exact) mass is 242 g/mol. The topological polar surface area (TPSA) is 79.5 Å². The van der Waals surface area contributed by atoms with Crippen molar-refractivity contribution in [1.82, 2.24) is 10.6 Å². The maximum absolute atomic E-state index is 11.6. The molecule has 0 bridgehead atoms. The van der Waals surface area contributed by atoms with Crippen LogP contribution in [0.5, 0.6) is 0 Å². The summed E-state index contributed by atoms with van der Waals surface area (Å²) in [7, 11) is 0. The van der Waals surface area contributed by atoms with Gasteiger partial charge in [-0.05, 0) is 18.8 Å². The highest BCUT2D eigenvalue weighted by molar-refractivity contribution is 5.87. The van der Waals surface area contributed by atoms with Crippen LogP contribution in [0, 0.1) is 11.8 Å². The maximum atomic E-state index is 11.6. The molecule has 0 aromatic heterocycles. The van der Waals surface area contributed by atoms with Gasteiger partial charge in [0.25, 0.3) is 0 Å². The third-order valence-corrected chi connectivity index (χ3v) is 2.07. The molecule has 0 rings (SSSR count). The average Bonchev–Trinajstić information content (AvgIpc) is 2.22. The highest BCUT2D eigenvalue weighted by atomic mass is 16.2. The summed E-state index contributed by atoms with van der Waals surface area (Å²) in [4.78, 5) is 15.8. The van der Waals surface area contributed by atoms with E-state index in [0.29, 0.717) is 30.9 Å². The van der Waals surface area contributed by atoms with Gasteiger partial charge in [0.15, 0.2) is 5.96 Å². The van der Waals surface area contributed by atoms with E-state index in [1.165, 1.54) is 0 Å². The molecular formula is C12H26N4O. The lowest BCUT2D eigenvalue weighted by atomic mass is 10.2. The van der Waals surface area contributed by atoms with Gasteiger partial charge in [-0.25, -0.2) is 0 Å². The van der Waals surface area contributed by atoms with Crippen molar-refractivity contribution in [2.75, 3.05) is 13.1 Å². The zero-order valence-corrected chi connectivity index (χ0v) is 11.6. The molecule has 0 fully saturated rings. The van der Waals surface area contributed by atoms with E-state index in [-0.39, 0.29) is 11.9 Å². The van der Waals surface area contributed by atoms with Gasteiger partial charge >= 0.3 is 0 Å². The van der Waals surface area contributed by atoms with Gasteiger partial charge in [-0.3, -0.25) is 9.79 Å². The van der Waals surface area contributed by atoms with E-state index in [1.807, 2.05) is 0 Å². The second-order valence-corrected chi connectivity index (χ2v) is 5.12. The van der Waals surface area contributed by atoms with E-state index in [0.717, 1.165) is 0 Å². The van der Waals surface area contributed by atoms with Crippen LogP contribution >= 0.6 is 0 Å². The van der Waals surface area contributed by atoms with Crippen LogP contribution in [0.25, 0.3) is 0 Å². The van der Waals surface area contributed by atoms with Crippen molar-refractivity contribution in [3.63, 3.8) is 0 Å².